The molecule has 3 fully saturated rings. The molecule has 0 aromatic carbocycles. The van der Waals surface area contributed by atoms with Gasteiger partial charge in [-0.25, -0.2) is 0 Å². The summed E-state index contributed by atoms with van der Waals surface area (Å²) in [5.74, 6) is 0. The normalized spacial score (nSPS) is 29.9. The van der Waals surface area contributed by atoms with Gasteiger partial charge in [0, 0.05) is 44.2 Å². The van der Waals surface area contributed by atoms with Crippen LogP contribution < -0.4 is 0 Å². The van der Waals surface area contributed by atoms with E-state index in [9.17, 15) is 4.79 Å². The molecule has 0 amide bonds. The van der Waals surface area contributed by atoms with Crippen molar-refractivity contribution in [3.8, 4) is 0 Å². The second-order valence-corrected chi connectivity index (χ2v) is 6.94. The molecule has 0 aromatic heterocycles. The van der Waals surface area contributed by atoms with Crippen molar-refractivity contribution in [3.05, 3.63) is 0 Å². The highest BCUT2D eigenvalue weighted by atomic mass is 16.1. The van der Waals surface area contributed by atoms with Crippen molar-refractivity contribution in [2.45, 2.75) is 57.4 Å². The lowest BCUT2D eigenvalue weighted by Crippen LogP contribution is -2.52. The van der Waals surface area contributed by atoms with Gasteiger partial charge in [0.1, 0.15) is 6.29 Å². The molecule has 108 valence electrons. The molecule has 0 aromatic rings. The van der Waals surface area contributed by atoms with Crippen LogP contribution >= 0.6 is 0 Å². The third-order valence-electron chi connectivity index (χ3n) is 5.64. The molecule has 2 saturated carbocycles. The van der Waals surface area contributed by atoms with E-state index in [-0.39, 0.29) is 5.41 Å². The lowest BCUT2D eigenvalue weighted by Gasteiger charge is -2.40. The van der Waals surface area contributed by atoms with Crippen LogP contribution in [0.25, 0.3) is 0 Å². The van der Waals surface area contributed by atoms with Crippen molar-refractivity contribution in [3.63, 3.8) is 0 Å². The summed E-state index contributed by atoms with van der Waals surface area (Å²) in [5, 5.41) is 0. The van der Waals surface area contributed by atoms with Gasteiger partial charge >= 0.3 is 0 Å². The van der Waals surface area contributed by atoms with Gasteiger partial charge in [-0.3, -0.25) is 9.80 Å². The van der Waals surface area contributed by atoms with Gasteiger partial charge in [0.15, 0.2) is 0 Å². The summed E-state index contributed by atoms with van der Waals surface area (Å²) in [6.45, 7) is 5.81. The maximum atomic E-state index is 11.4. The van der Waals surface area contributed by atoms with E-state index in [2.05, 4.69) is 9.80 Å². The molecule has 3 aliphatic rings. The zero-order valence-corrected chi connectivity index (χ0v) is 12.1. The highest BCUT2D eigenvalue weighted by Crippen LogP contribution is 2.37. The quantitative estimate of drug-likeness (QED) is 0.728. The zero-order valence-electron chi connectivity index (χ0n) is 12.1. The number of nitrogens with zero attached hydrogens (tertiary/aromatic N) is 2. The van der Waals surface area contributed by atoms with Crippen LogP contribution in [-0.4, -0.2) is 54.9 Å². The van der Waals surface area contributed by atoms with E-state index >= 15 is 0 Å². The van der Waals surface area contributed by atoms with E-state index in [1.54, 1.807) is 0 Å². The van der Waals surface area contributed by atoms with Gasteiger partial charge in [0.2, 0.25) is 0 Å². The molecule has 1 saturated heterocycles. The lowest BCUT2D eigenvalue weighted by molar-refractivity contribution is -0.117. The molecule has 0 unspecified atom stereocenters. The maximum Gasteiger partial charge on any atom is 0.127 e. The Morgan fingerprint density at radius 2 is 1.58 bits per heavy atom. The van der Waals surface area contributed by atoms with E-state index in [0.29, 0.717) is 0 Å². The Kier molecular flexibility index (Phi) is 4.23. The molecular weight excluding hydrogens is 236 g/mol. The van der Waals surface area contributed by atoms with Crippen LogP contribution in [-0.2, 0) is 4.79 Å². The Bertz CT molecular complexity index is 298. The SMILES string of the molecule is O=CC1(CN2CCN(C3CCCC3)CC2)CCCC1. The molecule has 2 aliphatic carbocycles. The van der Waals surface area contributed by atoms with Gasteiger partial charge < -0.3 is 4.79 Å². The molecule has 19 heavy (non-hydrogen) atoms. The highest BCUT2D eigenvalue weighted by molar-refractivity contribution is 5.60. The van der Waals surface area contributed by atoms with Crippen LogP contribution in [0.4, 0.5) is 0 Å². The van der Waals surface area contributed by atoms with Crippen molar-refractivity contribution in [2.75, 3.05) is 32.7 Å². The van der Waals surface area contributed by atoms with Crippen molar-refractivity contribution in [1.82, 2.24) is 9.80 Å². The number of rotatable bonds is 4. The Morgan fingerprint density at radius 1 is 0.947 bits per heavy atom. The lowest BCUT2D eigenvalue weighted by atomic mass is 9.87. The molecule has 0 N–H and O–H groups in total. The van der Waals surface area contributed by atoms with Gasteiger partial charge in [-0.15, -0.1) is 0 Å². The molecule has 0 bridgehead atoms. The summed E-state index contributed by atoms with van der Waals surface area (Å²) in [6.07, 6.45) is 11.7. The second-order valence-electron chi connectivity index (χ2n) is 6.94. The summed E-state index contributed by atoms with van der Waals surface area (Å²) < 4.78 is 0. The van der Waals surface area contributed by atoms with Crippen LogP contribution in [0.3, 0.4) is 0 Å². The van der Waals surface area contributed by atoms with Crippen molar-refractivity contribution in [2.24, 2.45) is 5.41 Å². The predicted octanol–water partition coefficient (Wildman–Crippen LogP) is 2.31. The fourth-order valence-electron chi connectivity index (χ4n) is 4.39. The topological polar surface area (TPSA) is 23.6 Å². The van der Waals surface area contributed by atoms with E-state index in [1.165, 1.54) is 71.0 Å². The molecular formula is C16H28N2O. The molecule has 3 rings (SSSR count). The second kappa shape index (κ2) is 5.92. The van der Waals surface area contributed by atoms with Gasteiger partial charge in [-0.2, -0.15) is 0 Å². The first kappa shape index (κ1) is 13.6. The standard InChI is InChI=1S/C16H28N2O/c19-14-16(7-3-4-8-16)13-17-9-11-18(12-10-17)15-5-1-2-6-15/h14-15H,1-13H2. The summed E-state index contributed by atoms with van der Waals surface area (Å²) in [5.41, 5.74) is 0.00945. The first-order chi connectivity index (χ1) is 9.31. The number of hydrogen-bond donors (Lipinski definition) is 0. The van der Waals surface area contributed by atoms with Crippen molar-refractivity contribution >= 4 is 6.29 Å². The van der Waals surface area contributed by atoms with Crippen LogP contribution in [0.2, 0.25) is 0 Å². The zero-order chi connectivity index (χ0) is 13.1. The van der Waals surface area contributed by atoms with Crippen LogP contribution in [0.15, 0.2) is 0 Å². The monoisotopic (exact) mass is 264 g/mol. The fourth-order valence-corrected chi connectivity index (χ4v) is 4.39. The van der Waals surface area contributed by atoms with Gasteiger partial charge in [0.25, 0.3) is 0 Å². The Hall–Kier alpha value is -0.410. The van der Waals surface area contributed by atoms with Crippen molar-refractivity contribution in [1.29, 1.82) is 0 Å². The Balaban J connectivity index is 1.48. The summed E-state index contributed by atoms with van der Waals surface area (Å²) in [4.78, 5) is 16.7. The van der Waals surface area contributed by atoms with E-state index in [0.717, 1.165) is 25.4 Å². The smallest absolute Gasteiger partial charge is 0.127 e. The maximum absolute atomic E-state index is 11.4. The van der Waals surface area contributed by atoms with E-state index in [4.69, 9.17) is 0 Å². The Morgan fingerprint density at radius 3 is 2.16 bits per heavy atom. The minimum Gasteiger partial charge on any atom is -0.303 e. The molecule has 1 heterocycles. The van der Waals surface area contributed by atoms with Crippen molar-refractivity contribution < 1.29 is 4.79 Å². The van der Waals surface area contributed by atoms with Crippen LogP contribution in [0, 0.1) is 5.41 Å². The first-order valence-electron chi connectivity index (χ1n) is 8.24. The number of hydrogen-bond acceptors (Lipinski definition) is 3. The number of carbonyl (C=O) groups excluding carboxylic acids is 1. The molecule has 0 spiro atoms. The molecule has 0 atom stereocenters. The molecule has 3 heteroatoms. The average Bonchev–Trinajstić information content (AvgIpc) is 3.11. The largest absolute Gasteiger partial charge is 0.303 e. The van der Waals surface area contributed by atoms with Crippen LogP contribution in [0.5, 0.6) is 0 Å². The number of aldehydes is 1. The predicted molar refractivity (Wildman–Crippen MR) is 77.2 cm³/mol. The minimum absolute atomic E-state index is 0.00945. The summed E-state index contributed by atoms with van der Waals surface area (Å²) in [6, 6.07) is 0.869. The van der Waals surface area contributed by atoms with Gasteiger partial charge in [-0.05, 0) is 25.7 Å². The molecule has 1 aliphatic heterocycles. The summed E-state index contributed by atoms with van der Waals surface area (Å²) >= 11 is 0. The number of carbonyl (C=O) groups is 1. The molecule has 3 nitrogen and oxygen atoms in total. The molecule has 0 radical (unpaired) electrons. The van der Waals surface area contributed by atoms with Crippen LogP contribution in [0.1, 0.15) is 51.4 Å². The third-order valence-corrected chi connectivity index (χ3v) is 5.64. The third kappa shape index (κ3) is 3.03. The van der Waals surface area contributed by atoms with Gasteiger partial charge in [-0.1, -0.05) is 25.7 Å². The highest BCUT2D eigenvalue weighted by Gasteiger charge is 2.36. The Labute approximate surface area is 117 Å². The van der Waals surface area contributed by atoms with E-state index in [1.807, 2.05) is 0 Å². The van der Waals surface area contributed by atoms with E-state index < -0.39 is 0 Å². The average molecular weight is 264 g/mol. The van der Waals surface area contributed by atoms with Gasteiger partial charge in [0.05, 0.1) is 0 Å². The number of piperazine rings is 1. The fraction of sp³-hybridized carbons (Fsp3) is 0.938. The first-order valence-corrected chi connectivity index (χ1v) is 8.24. The summed E-state index contributed by atoms with van der Waals surface area (Å²) in [7, 11) is 0. The minimum atomic E-state index is 0.00945.